The van der Waals surface area contributed by atoms with E-state index >= 15 is 0 Å². The highest BCUT2D eigenvalue weighted by Crippen LogP contribution is 2.30. The van der Waals surface area contributed by atoms with Crippen LogP contribution in [0.5, 0.6) is 0 Å². The number of ether oxygens (including phenoxy) is 1. The summed E-state index contributed by atoms with van der Waals surface area (Å²) in [5.74, 6) is 0.422. The van der Waals surface area contributed by atoms with E-state index in [9.17, 15) is 9.90 Å². The van der Waals surface area contributed by atoms with Gasteiger partial charge in [0.2, 0.25) is 11.9 Å². The van der Waals surface area contributed by atoms with Crippen molar-refractivity contribution in [2.75, 3.05) is 42.3 Å². The molecule has 1 saturated heterocycles. The number of nitrogen functional groups attached to an aromatic ring is 1. The van der Waals surface area contributed by atoms with Crippen LogP contribution in [0.25, 0.3) is 10.2 Å². The SMILES string of the molecule is CN(Cc1cc2nc(N3CCOC(c4ccc(N)c(CO)c4)C3)ncc2s1)c1ncc(C(=O)NO)cn1. The van der Waals surface area contributed by atoms with Gasteiger partial charge in [-0.1, -0.05) is 6.07 Å². The summed E-state index contributed by atoms with van der Waals surface area (Å²) in [6.45, 7) is 2.21. The average molecular weight is 523 g/mol. The summed E-state index contributed by atoms with van der Waals surface area (Å²) in [5.41, 5.74) is 10.7. The van der Waals surface area contributed by atoms with Crippen LogP contribution >= 0.6 is 11.3 Å². The molecule has 1 fully saturated rings. The molecule has 1 aliphatic heterocycles. The van der Waals surface area contributed by atoms with Gasteiger partial charge in [-0.05, 0) is 23.8 Å². The Morgan fingerprint density at radius 3 is 2.84 bits per heavy atom. The first-order valence-electron chi connectivity index (χ1n) is 11.5. The Balaban J connectivity index is 1.29. The molecule has 1 aromatic carbocycles. The van der Waals surface area contributed by atoms with Gasteiger partial charge >= 0.3 is 0 Å². The molecule has 192 valence electrons. The lowest BCUT2D eigenvalue weighted by molar-refractivity contribution is 0.0391. The zero-order valence-corrected chi connectivity index (χ0v) is 20.9. The number of hydrogen-bond donors (Lipinski definition) is 4. The third-order valence-electron chi connectivity index (χ3n) is 6.10. The number of rotatable bonds is 7. The van der Waals surface area contributed by atoms with E-state index in [1.54, 1.807) is 22.9 Å². The fourth-order valence-electron chi connectivity index (χ4n) is 4.11. The smallest absolute Gasteiger partial charge is 0.277 e. The first-order valence-corrected chi connectivity index (χ1v) is 12.4. The molecule has 4 heterocycles. The van der Waals surface area contributed by atoms with E-state index in [4.69, 9.17) is 20.7 Å². The third-order valence-corrected chi connectivity index (χ3v) is 7.15. The van der Waals surface area contributed by atoms with E-state index < -0.39 is 5.91 Å². The monoisotopic (exact) mass is 522 g/mol. The molecule has 13 heteroatoms. The maximum atomic E-state index is 11.5. The number of aliphatic hydroxyl groups is 1. The van der Waals surface area contributed by atoms with Gasteiger partial charge in [0.25, 0.3) is 5.91 Å². The van der Waals surface area contributed by atoms with Gasteiger partial charge in [-0.2, -0.15) is 0 Å². The molecule has 4 aromatic rings. The minimum Gasteiger partial charge on any atom is -0.398 e. The van der Waals surface area contributed by atoms with Gasteiger partial charge in [-0.25, -0.2) is 25.4 Å². The largest absolute Gasteiger partial charge is 0.398 e. The number of amides is 1. The van der Waals surface area contributed by atoms with Crippen LogP contribution in [0.4, 0.5) is 17.6 Å². The highest BCUT2D eigenvalue weighted by Gasteiger charge is 2.25. The van der Waals surface area contributed by atoms with Gasteiger partial charge in [-0.3, -0.25) is 10.0 Å². The first-order chi connectivity index (χ1) is 17.9. The van der Waals surface area contributed by atoms with Crippen LogP contribution in [-0.4, -0.2) is 62.9 Å². The molecule has 1 unspecified atom stereocenters. The second-order valence-electron chi connectivity index (χ2n) is 8.62. The highest BCUT2D eigenvalue weighted by molar-refractivity contribution is 7.19. The normalized spacial score (nSPS) is 15.6. The first kappa shape index (κ1) is 24.8. The third kappa shape index (κ3) is 5.29. The summed E-state index contributed by atoms with van der Waals surface area (Å²) in [5, 5.41) is 18.3. The van der Waals surface area contributed by atoms with Gasteiger partial charge in [0, 0.05) is 42.1 Å². The number of aromatic nitrogens is 4. The zero-order valence-electron chi connectivity index (χ0n) is 20.0. The van der Waals surface area contributed by atoms with Crippen LogP contribution in [0.2, 0.25) is 0 Å². The Morgan fingerprint density at radius 2 is 2.08 bits per heavy atom. The quantitative estimate of drug-likeness (QED) is 0.159. The Kier molecular flexibility index (Phi) is 7.10. The molecule has 0 saturated carbocycles. The van der Waals surface area contributed by atoms with E-state index in [-0.39, 0.29) is 18.3 Å². The predicted octanol–water partition coefficient (Wildman–Crippen LogP) is 1.89. The maximum absolute atomic E-state index is 11.5. The number of fused-ring (bicyclic) bond motifs is 1. The number of aliphatic hydroxyl groups excluding tert-OH is 1. The molecule has 0 aliphatic carbocycles. The molecule has 37 heavy (non-hydrogen) atoms. The Labute approximate surface area is 216 Å². The highest BCUT2D eigenvalue weighted by atomic mass is 32.1. The number of carbonyl (C=O) groups excluding carboxylic acids is 1. The average Bonchev–Trinajstić information content (AvgIpc) is 3.34. The van der Waals surface area contributed by atoms with E-state index in [0.717, 1.165) is 20.7 Å². The Hall–Kier alpha value is -3.91. The number of nitrogens with one attached hydrogen (secondary N) is 1. The van der Waals surface area contributed by atoms with Crippen LogP contribution in [0.1, 0.15) is 32.5 Å². The Bertz CT molecular complexity index is 1410. The zero-order chi connectivity index (χ0) is 25.9. The second kappa shape index (κ2) is 10.6. The number of carbonyl (C=O) groups is 1. The minimum absolute atomic E-state index is 0.121. The van der Waals surface area contributed by atoms with E-state index in [1.165, 1.54) is 12.4 Å². The lowest BCUT2D eigenvalue weighted by atomic mass is 10.0. The standard InChI is InChI=1S/C24H26N8O4S/c1-31(23-26-8-16(9-27-23)22(34)30-35)11-17-7-19-21(37-17)10-28-24(29-19)32-4-5-36-20(12-32)14-2-3-18(25)15(6-14)13-33/h2-3,6-10,20,33,35H,4-5,11-13,25H2,1H3,(H,30,34). The minimum atomic E-state index is -0.664. The molecular weight excluding hydrogens is 496 g/mol. The number of anilines is 3. The molecule has 12 nitrogen and oxygen atoms in total. The molecule has 0 bridgehead atoms. The number of thiophene rings is 1. The van der Waals surface area contributed by atoms with Crippen molar-refractivity contribution in [1.82, 2.24) is 25.4 Å². The van der Waals surface area contributed by atoms with Gasteiger partial charge in [-0.15, -0.1) is 11.3 Å². The summed E-state index contributed by atoms with van der Waals surface area (Å²) in [6.07, 6.45) is 4.37. The molecule has 1 aliphatic rings. The number of nitrogens with zero attached hydrogens (tertiary/aromatic N) is 6. The van der Waals surface area contributed by atoms with Crippen molar-refractivity contribution >= 4 is 45.0 Å². The summed E-state index contributed by atoms with van der Waals surface area (Å²) in [4.78, 5) is 34.3. The maximum Gasteiger partial charge on any atom is 0.277 e. The van der Waals surface area contributed by atoms with Gasteiger partial charge < -0.3 is 25.4 Å². The van der Waals surface area contributed by atoms with Crippen molar-refractivity contribution in [3.8, 4) is 0 Å². The van der Waals surface area contributed by atoms with Crippen molar-refractivity contribution in [3.63, 3.8) is 0 Å². The summed E-state index contributed by atoms with van der Waals surface area (Å²) in [6, 6.07) is 7.63. The van der Waals surface area contributed by atoms with Crippen LogP contribution in [0.15, 0.2) is 42.9 Å². The van der Waals surface area contributed by atoms with Crippen molar-refractivity contribution in [1.29, 1.82) is 0 Å². The van der Waals surface area contributed by atoms with Gasteiger partial charge in [0.1, 0.15) is 6.10 Å². The molecule has 3 aromatic heterocycles. The lowest BCUT2D eigenvalue weighted by Gasteiger charge is -2.33. The molecule has 1 atom stereocenters. The summed E-state index contributed by atoms with van der Waals surface area (Å²) < 4.78 is 6.96. The van der Waals surface area contributed by atoms with E-state index in [1.807, 2.05) is 36.3 Å². The molecule has 5 rings (SSSR count). The van der Waals surface area contributed by atoms with Crippen molar-refractivity contribution < 1.29 is 19.8 Å². The van der Waals surface area contributed by atoms with E-state index in [2.05, 4.69) is 19.9 Å². The number of benzene rings is 1. The number of nitrogens with two attached hydrogens (primary N) is 1. The van der Waals surface area contributed by atoms with E-state index in [0.29, 0.717) is 49.4 Å². The van der Waals surface area contributed by atoms with Crippen LogP contribution in [0.3, 0.4) is 0 Å². The van der Waals surface area contributed by atoms with Gasteiger partial charge in [0.15, 0.2) is 0 Å². The molecular formula is C24H26N8O4S. The predicted molar refractivity (Wildman–Crippen MR) is 138 cm³/mol. The fourth-order valence-corrected chi connectivity index (χ4v) is 5.14. The molecule has 0 spiro atoms. The summed E-state index contributed by atoms with van der Waals surface area (Å²) in [7, 11) is 1.86. The van der Waals surface area contributed by atoms with Crippen molar-refractivity contribution in [2.45, 2.75) is 19.3 Å². The number of morpholine rings is 1. The van der Waals surface area contributed by atoms with Crippen molar-refractivity contribution in [3.05, 3.63) is 64.4 Å². The van der Waals surface area contributed by atoms with Gasteiger partial charge in [0.05, 0.1) is 48.3 Å². The Morgan fingerprint density at radius 1 is 1.27 bits per heavy atom. The van der Waals surface area contributed by atoms with Crippen LogP contribution < -0.4 is 21.0 Å². The van der Waals surface area contributed by atoms with Crippen LogP contribution in [-0.2, 0) is 17.9 Å². The molecule has 0 radical (unpaired) electrons. The molecule has 5 N–H and O–H groups in total. The molecule has 1 amide bonds. The summed E-state index contributed by atoms with van der Waals surface area (Å²) >= 11 is 1.59. The number of hydrogen-bond acceptors (Lipinski definition) is 12. The number of hydroxylamine groups is 1. The lowest BCUT2D eigenvalue weighted by Crippen LogP contribution is -2.39. The van der Waals surface area contributed by atoms with Crippen LogP contribution in [0, 0.1) is 0 Å². The topological polar surface area (TPSA) is 163 Å². The fraction of sp³-hybridized carbons (Fsp3) is 0.292. The van der Waals surface area contributed by atoms with Crippen molar-refractivity contribution in [2.24, 2.45) is 0 Å². The second-order valence-corrected chi connectivity index (χ2v) is 9.79.